The Kier molecular flexibility index (Phi) is 9.16. The Morgan fingerprint density at radius 2 is 1.74 bits per heavy atom. The van der Waals surface area contributed by atoms with Crippen LogP contribution in [-0.4, -0.2) is 25.8 Å². The number of rotatable bonds is 13. The second-order valence-corrected chi connectivity index (χ2v) is 8.15. The Labute approximate surface area is 186 Å². The largest absolute Gasteiger partial charge is 0.497 e. The molecule has 2 aromatic rings. The van der Waals surface area contributed by atoms with E-state index in [1.54, 1.807) is 7.11 Å². The van der Waals surface area contributed by atoms with E-state index in [1.165, 1.54) is 19.3 Å². The average Bonchev–Trinajstić information content (AvgIpc) is 2.79. The Morgan fingerprint density at radius 1 is 0.968 bits per heavy atom. The van der Waals surface area contributed by atoms with Crippen molar-refractivity contribution in [2.75, 3.05) is 13.7 Å². The van der Waals surface area contributed by atoms with Gasteiger partial charge in [0.05, 0.1) is 25.9 Å². The van der Waals surface area contributed by atoms with Crippen molar-refractivity contribution in [2.45, 2.75) is 51.7 Å². The molecular formula is C27H34O4. The van der Waals surface area contributed by atoms with Gasteiger partial charge in [0.15, 0.2) is 0 Å². The zero-order chi connectivity index (χ0) is 21.9. The number of hydrogen-bond donors (Lipinski definition) is 0. The van der Waals surface area contributed by atoms with Gasteiger partial charge in [-0.05, 0) is 42.7 Å². The van der Waals surface area contributed by atoms with Crippen molar-refractivity contribution in [2.24, 2.45) is 11.8 Å². The molecule has 0 heterocycles. The lowest BCUT2D eigenvalue weighted by atomic mass is 9.77. The second-order valence-electron chi connectivity index (χ2n) is 8.15. The van der Waals surface area contributed by atoms with Crippen molar-refractivity contribution in [1.29, 1.82) is 0 Å². The van der Waals surface area contributed by atoms with E-state index >= 15 is 0 Å². The van der Waals surface area contributed by atoms with Gasteiger partial charge in [-0.25, -0.2) is 4.79 Å². The van der Waals surface area contributed by atoms with Crippen molar-refractivity contribution in [3.05, 3.63) is 77.9 Å². The summed E-state index contributed by atoms with van der Waals surface area (Å²) < 4.78 is 17.2. The lowest BCUT2D eigenvalue weighted by Crippen LogP contribution is -2.37. The summed E-state index contributed by atoms with van der Waals surface area (Å²) in [6.07, 6.45) is 9.79. The fourth-order valence-corrected chi connectivity index (χ4v) is 3.88. The van der Waals surface area contributed by atoms with Gasteiger partial charge in [0.1, 0.15) is 11.9 Å². The Hall–Kier alpha value is -2.59. The molecule has 1 aliphatic rings. The molecule has 3 rings (SSSR count). The van der Waals surface area contributed by atoms with Crippen molar-refractivity contribution in [1.82, 2.24) is 0 Å². The van der Waals surface area contributed by atoms with Gasteiger partial charge in [0.25, 0.3) is 0 Å². The number of carbonyl (C=O) groups excluding carboxylic acids is 1. The SMILES string of the molecule is CCCCCC[C@H](OC(=O)c1ccccc1)[C@@H]1C=C[C@@H]1COCc1ccc(OC)cc1. The normalized spacial score (nSPS) is 18.3. The van der Waals surface area contributed by atoms with Crippen molar-refractivity contribution in [3.8, 4) is 5.75 Å². The minimum atomic E-state index is -0.237. The molecule has 3 atom stereocenters. The van der Waals surface area contributed by atoms with Gasteiger partial charge in [-0.2, -0.15) is 0 Å². The summed E-state index contributed by atoms with van der Waals surface area (Å²) >= 11 is 0. The highest BCUT2D eigenvalue weighted by atomic mass is 16.5. The van der Waals surface area contributed by atoms with Gasteiger partial charge in [-0.3, -0.25) is 0 Å². The molecule has 4 heteroatoms. The quantitative estimate of drug-likeness (QED) is 0.219. The van der Waals surface area contributed by atoms with Crippen LogP contribution in [0.5, 0.6) is 5.75 Å². The Balaban J connectivity index is 1.53. The maximum absolute atomic E-state index is 12.7. The fraction of sp³-hybridized carbons (Fsp3) is 0.444. The van der Waals surface area contributed by atoms with Crippen molar-refractivity contribution in [3.63, 3.8) is 0 Å². The topological polar surface area (TPSA) is 44.8 Å². The van der Waals surface area contributed by atoms with Crippen LogP contribution < -0.4 is 4.74 Å². The summed E-state index contributed by atoms with van der Waals surface area (Å²) in [5, 5.41) is 0. The molecule has 0 saturated carbocycles. The maximum atomic E-state index is 12.7. The Bertz CT molecular complexity index is 813. The van der Waals surface area contributed by atoms with Crippen molar-refractivity contribution < 1.29 is 19.0 Å². The van der Waals surface area contributed by atoms with Crippen LogP contribution in [0.1, 0.15) is 54.9 Å². The number of carbonyl (C=O) groups is 1. The number of ether oxygens (including phenoxy) is 3. The third kappa shape index (κ3) is 6.96. The van der Waals surface area contributed by atoms with Gasteiger partial charge >= 0.3 is 5.97 Å². The molecule has 0 saturated heterocycles. The Morgan fingerprint density at radius 3 is 2.39 bits per heavy atom. The van der Waals surface area contributed by atoms with E-state index in [4.69, 9.17) is 14.2 Å². The molecule has 0 spiro atoms. The van der Waals surface area contributed by atoms with E-state index in [1.807, 2.05) is 54.6 Å². The highest BCUT2D eigenvalue weighted by molar-refractivity contribution is 5.89. The molecule has 166 valence electrons. The standard InChI is InChI=1S/C27H34O4/c1-3-4-5-9-12-26(31-27(28)22-10-7-6-8-11-22)25-18-15-23(25)20-30-19-21-13-16-24(29-2)17-14-21/h6-8,10-11,13-18,23,25-26H,3-5,9,12,19-20H2,1-2H3/t23-,25-,26+/m1/s1. The molecule has 0 unspecified atom stereocenters. The number of hydrogen-bond acceptors (Lipinski definition) is 4. The lowest BCUT2D eigenvalue weighted by molar-refractivity contribution is -0.00455. The first-order valence-electron chi connectivity index (χ1n) is 11.4. The van der Waals surface area contributed by atoms with E-state index in [2.05, 4.69) is 19.1 Å². The predicted octanol–water partition coefficient (Wildman–Crippen LogP) is 6.21. The molecule has 0 N–H and O–H groups in total. The summed E-state index contributed by atoms with van der Waals surface area (Å²) in [5.74, 6) is 1.10. The summed E-state index contributed by atoms with van der Waals surface area (Å²) in [4.78, 5) is 12.7. The van der Waals surface area contributed by atoms with Gasteiger partial charge < -0.3 is 14.2 Å². The lowest BCUT2D eigenvalue weighted by Gasteiger charge is -2.35. The van der Waals surface area contributed by atoms with E-state index in [-0.39, 0.29) is 23.9 Å². The molecule has 0 fully saturated rings. The minimum absolute atomic E-state index is 0.107. The smallest absolute Gasteiger partial charge is 0.338 e. The van der Waals surface area contributed by atoms with Gasteiger partial charge in [0, 0.05) is 11.8 Å². The van der Waals surface area contributed by atoms with Crippen LogP contribution in [0.15, 0.2) is 66.7 Å². The van der Waals surface area contributed by atoms with Gasteiger partial charge in [-0.1, -0.05) is 68.7 Å². The molecule has 1 aliphatic carbocycles. The first-order chi connectivity index (χ1) is 15.2. The first kappa shape index (κ1) is 23.1. The van der Waals surface area contributed by atoms with Gasteiger partial charge in [0.2, 0.25) is 0 Å². The zero-order valence-electron chi connectivity index (χ0n) is 18.7. The number of methoxy groups -OCH3 is 1. The molecule has 2 aromatic carbocycles. The van der Waals surface area contributed by atoms with Crippen LogP contribution in [0.4, 0.5) is 0 Å². The average molecular weight is 423 g/mol. The van der Waals surface area contributed by atoms with Crippen molar-refractivity contribution >= 4 is 5.97 Å². The monoisotopic (exact) mass is 422 g/mol. The third-order valence-electron chi connectivity index (χ3n) is 5.85. The van der Waals surface area contributed by atoms with E-state index < -0.39 is 0 Å². The van der Waals surface area contributed by atoms with Crippen LogP contribution in [0.3, 0.4) is 0 Å². The van der Waals surface area contributed by atoms with E-state index in [9.17, 15) is 4.79 Å². The van der Waals surface area contributed by atoms with Crippen LogP contribution in [0.2, 0.25) is 0 Å². The van der Waals surface area contributed by atoms with Crippen LogP contribution in [-0.2, 0) is 16.1 Å². The summed E-state index contributed by atoms with van der Waals surface area (Å²) in [6.45, 7) is 3.39. The predicted molar refractivity (Wildman–Crippen MR) is 123 cm³/mol. The highest BCUT2D eigenvalue weighted by Crippen LogP contribution is 2.34. The summed E-state index contributed by atoms with van der Waals surface area (Å²) in [6, 6.07) is 17.2. The molecule has 31 heavy (non-hydrogen) atoms. The van der Waals surface area contributed by atoms with E-state index in [0.29, 0.717) is 18.8 Å². The summed E-state index contributed by atoms with van der Waals surface area (Å²) in [5.41, 5.74) is 1.73. The molecule has 0 aromatic heterocycles. The highest BCUT2D eigenvalue weighted by Gasteiger charge is 2.34. The molecule has 0 amide bonds. The molecule has 0 aliphatic heterocycles. The van der Waals surface area contributed by atoms with Gasteiger partial charge in [-0.15, -0.1) is 0 Å². The summed E-state index contributed by atoms with van der Waals surface area (Å²) in [7, 11) is 1.66. The van der Waals surface area contributed by atoms with Crippen LogP contribution in [0.25, 0.3) is 0 Å². The molecule has 0 bridgehead atoms. The minimum Gasteiger partial charge on any atom is -0.497 e. The number of unbranched alkanes of at least 4 members (excludes halogenated alkanes) is 3. The number of esters is 1. The van der Waals surface area contributed by atoms with E-state index in [0.717, 1.165) is 24.2 Å². The van der Waals surface area contributed by atoms with Crippen LogP contribution >= 0.6 is 0 Å². The fourth-order valence-electron chi connectivity index (χ4n) is 3.88. The second kappa shape index (κ2) is 12.3. The molecule has 4 nitrogen and oxygen atoms in total. The number of benzene rings is 2. The third-order valence-corrected chi connectivity index (χ3v) is 5.85. The zero-order valence-corrected chi connectivity index (χ0v) is 18.7. The molecular weight excluding hydrogens is 388 g/mol. The first-order valence-corrected chi connectivity index (χ1v) is 11.4. The maximum Gasteiger partial charge on any atom is 0.338 e. The molecule has 0 radical (unpaired) electrons. The van der Waals surface area contributed by atoms with Crippen LogP contribution in [0, 0.1) is 11.8 Å².